The lowest BCUT2D eigenvalue weighted by atomic mass is 10.1. The van der Waals surface area contributed by atoms with Crippen molar-refractivity contribution in [3.63, 3.8) is 0 Å². The summed E-state index contributed by atoms with van der Waals surface area (Å²) in [7, 11) is 0. The number of rotatable bonds is 4. The van der Waals surface area contributed by atoms with Crippen molar-refractivity contribution in [2.24, 2.45) is 0 Å². The molecule has 0 aliphatic rings. The highest BCUT2D eigenvalue weighted by molar-refractivity contribution is 9.10. The highest BCUT2D eigenvalue weighted by Gasteiger charge is 2.18. The van der Waals surface area contributed by atoms with Crippen LogP contribution in [0.15, 0.2) is 35.3 Å². The fourth-order valence-electron chi connectivity index (χ4n) is 1.54. The van der Waals surface area contributed by atoms with E-state index in [9.17, 15) is 4.79 Å². The lowest BCUT2D eigenvalue weighted by Crippen LogP contribution is -2.17. The molecule has 0 radical (unpaired) electrons. The molecule has 2 heterocycles. The minimum atomic E-state index is -0.204. The van der Waals surface area contributed by atoms with Crippen molar-refractivity contribution in [2.75, 3.05) is 5.32 Å². The molecule has 0 aromatic carbocycles. The minimum Gasteiger partial charge on any atom is -0.366 e. The van der Waals surface area contributed by atoms with E-state index in [0.717, 1.165) is 0 Å². The van der Waals surface area contributed by atoms with Gasteiger partial charge in [-0.1, -0.05) is 0 Å². The summed E-state index contributed by atoms with van der Waals surface area (Å²) in [5.74, 6) is 0.275. The number of halogens is 1. The second-order valence-corrected chi connectivity index (χ2v) is 5.07. The Morgan fingerprint density at radius 3 is 2.79 bits per heavy atom. The van der Waals surface area contributed by atoms with Gasteiger partial charge in [0.2, 0.25) is 5.78 Å². The first-order valence-electron chi connectivity index (χ1n) is 5.81. The van der Waals surface area contributed by atoms with Crippen LogP contribution in [0.3, 0.4) is 0 Å². The van der Waals surface area contributed by atoms with Crippen molar-refractivity contribution >= 4 is 27.5 Å². The Kier molecular flexibility index (Phi) is 4.21. The van der Waals surface area contributed by atoms with Gasteiger partial charge >= 0.3 is 0 Å². The molecule has 19 heavy (non-hydrogen) atoms. The van der Waals surface area contributed by atoms with Gasteiger partial charge in [0.05, 0.1) is 6.20 Å². The van der Waals surface area contributed by atoms with Crippen LogP contribution in [0, 0.1) is 0 Å². The fraction of sp³-hybridized carbons (Fsp3) is 0.231. The second-order valence-electron chi connectivity index (χ2n) is 4.26. The summed E-state index contributed by atoms with van der Waals surface area (Å²) >= 11 is 3.23. The molecule has 0 saturated carbocycles. The molecular weight excluding hydrogens is 308 g/mol. The Morgan fingerprint density at radius 2 is 2.16 bits per heavy atom. The third-order valence-electron chi connectivity index (χ3n) is 2.31. The highest BCUT2D eigenvalue weighted by atomic mass is 79.9. The molecule has 0 aliphatic heterocycles. The molecule has 0 fully saturated rings. The molecule has 0 bridgehead atoms. The van der Waals surface area contributed by atoms with Gasteiger partial charge in [0.25, 0.3) is 0 Å². The fourth-order valence-corrected chi connectivity index (χ4v) is 1.82. The van der Waals surface area contributed by atoms with Crippen LogP contribution in [0.25, 0.3) is 0 Å². The van der Waals surface area contributed by atoms with E-state index in [1.54, 1.807) is 24.5 Å². The molecule has 0 aliphatic carbocycles. The number of aromatic nitrogens is 3. The number of pyridine rings is 1. The summed E-state index contributed by atoms with van der Waals surface area (Å²) in [6.07, 6.45) is 4.70. The van der Waals surface area contributed by atoms with Crippen molar-refractivity contribution < 1.29 is 4.79 Å². The van der Waals surface area contributed by atoms with E-state index < -0.39 is 0 Å². The van der Waals surface area contributed by atoms with E-state index >= 15 is 0 Å². The van der Waals surface area contributed by atoms with Crippen LogP contribution in [0.2, 0.25) is 0 Å². The van der Waals surface area contributed by atoms with Gasteiger partial charge in [0.15, 0.2) is 11.5 Å². The van der Waals surface area contributed by atoms with Gasteiger partial charge in [0, 0.05) is 24.0 Å². The molecular formula is C13H13BrN4O. The Hall–Kier alpha value is -1.82. The molecule has 0 spiro atoms. The maximum absolute atomic E-state index is 12.4. The van der Waals surface area contributed by atoms with Crippen molar-refractivity contribution in [3.05, 3.63) is 46.6 Å². The van der Waals surface area contributed by atoms with Crippen LogP contribution in [-0.4, -0.2) is 26.8 Å². The first kappa shape index (κ1) is 13.6. The van der Waals surface area contributed by atoms with E-state index in [0.29, 0.717) is 16.0 Å². The van der Waals surface area contributed by atoms with Crippen molar-refractivity contribution in [2.45, 2.75) is 19.9 Å². The largest absolute Gasteiger partial charge is 0.366 e. The predicted octanol–water partition coefficient (Wildman–Crippen LogP) is 2.69. The number of nitrogens with zero attached hydrogens (tertiary/aromatic N) is 3. The van der Waals surface area contributed by atoms with Crippen LogP contribution < -0.4 is 5.32 Å². The summed E-state index contributed by atoms with van der Waals surface area (Å²) in [4.78, 5) is 24.8. The van der Waals surface area contributed by atoms with Crippen LogP contribution in [-0.2, 0) is 0 Å². The summed E-state index contributed by atoms with van der Waals surface area (Å²) < 4.78 is 0.522. The minimum absolute atomic E-state index is 0.163. The SMILES string of the molecule is CC(C)Nc1ncc(Br)nc1C(=O)c1cccnc1. The van der Waals surface area contributed by atoms with Gasteiger partial charge < -0.3 is 5.32 Å². The summed E-state index contributed by atoms with van der Waals surface area (Å²) in [5, 5.41) is 3.12. The second kappa shape index (κ2) is 5.88. The Labute approximate surface area is 119 Å². The molecule has 2 aromatic rings. The van der Waals surface area contributed by atoms with Gasteiger partial charge in [-0.3, -0.25) is 9.78 Å². The zero-order valence-corrected chi connectivity index (χ0v) is 12.2. The molecule has 6 heteroatoms. The molecule has 2 rings (SSSR count). The van der Waals surface area contributed by atoms with E-state index in [-0.39, 0.29) is 17.5 Å². The normalized spacial score (nSPS) is 10.5. The maximum Gasteiger partial charge on any atom is 0.216 e. The first-order chi connectivity index (χ1) is 9.08. The quantitative estimate of drug-likeness (QED) is 0.877. The number of anilines is 1. The smallest absolute Gasteiger partial charge is 0.216 e. The van der Waals surface area contributed by atoms with Gasteiger partial charge in [-0.05, 0) is 41.9 Å². The van der Waals surface area contributed by atoms with E-state index in [4.69, 9.17) is 0 Å². The van der Waals surface area contributed by atoms with Gasteiger partial charge in [-0.2, -0.15) is 0 Å². The topological polar surface area (TPSA) is 67.8 Å². The number of hydrogen-bond donors (Lipinski definition) is 1. The van der Waals surface area contributed by atoms with E-state index in [1.165, 1.54) is 6.20 Å². The number of hydrogen-bond acceptors (Lipinski definition) is 5. The zero-order chi connectivity index (χ0) is 13.8. The molecule has 0 amide bonds. The molecule has 1 N–H and O–H groups in total. The highest BCUT2D eigenvalue weighted by Crippen LogP contribution is 2.18. The average molecular weight is 321 g/mol. The van der Waals surface area contributed by atoms with Crippen molar-refractivity contribution in [1.82, 2.24) is 15.0 Å². The van der Waals surface area contributed by atoms with Crippen LogP contribution >= 0.6 is 15.9 Å². The average Bonchev–Trinajstić information content (AvgIpc) is 2.40. The molecule has 2 aromatic heterocycles. The van der Waals surface area contributed by atoms with E-state index in [2.05, 4.69) is 36.2 Å². The maximum atomic E-state index is 12.4. The Balaban J connectivity index is 2.43. The Bertz CT molecular complexity index is 586. The van der Waals surface area contributed by atoms with Crippen molar-refractivity contribution in [3.8, 4) is 0 Å². The summed E-state index contributed by atoms with van der Waals surface area (Å²) in [6, 6.07) is 3.58. The summed E-state index contributed by atoms with van der Waals surface area (Å²) in [6.45, 7) is 3.95. The number of ketones is 1. The lowest BCUT2D eigenvalue weighted by molar-refractivity contribution is 0.103. The molecule has 0 atom stereocenters. The summed E-state index contributed by atoms with van der Waals surface area (Å²) in [5.41, 5.74) is 0.776. The molecule has 98 valence electrons. The number of carbonyl (C=O) groups is 1. The third kappa shape index (κ3) is 3.35. The number of carbonyl (C=O) groups excluding carboxylic acids is 1. The zero-order valence-electron chi connectivity index (χ0n) is 10.6. The van der Waals surface area contributed by atoms with Gasteiger partial charge in [-0.25, -0.2) is 9.97 Å². The van der Waals surface area contributed by atoms with Gasteiger partial charge in [-0.15, -0.1) is 0 Å². The van der Waals surface area contributed by atoms with Gasteiger partial charge in [0.1, 0.15) is 4.60 Å². The van der Waals surface area contributed by atoms with E-state index in [1.807, 2.05) is 13.8 Å². The van der Waals surface area contributed by atoms with Crippen LogP contribution in [0.5, 0.6) is 0 Å². The standard InChI is InChI=1S/C13H13BrN4O/c1-8(2)17-13-11(18-10(14)7-16-13)12(19)9-4-3-5-15-6-9/h3-8H,1-2H3,(H,16,17). The number of nitrogens with one attached hydrogen (secondary N) is 1. The third-order valence-corrected chi connectivity index (χ3v) is 2.69. The first-order valence-corrected chi connectivity index (χ1v) is 6.61. The lowest BCUT2D eigenvalue weighted by Gasteiger charge is -2.12. The molecule has 5 nitrogen and oxygen atoms in total. The monoisotopic (exact) mass is 320 g/mol. The Morgan fingerprint density at radius 1 is 1.37 bits per heavy atom. The molecule has 0 unspecified atom stereocenters. The van der Waals surface area contributed by atoms with Crippen LogP contribution in [0.1, 0.15) is 29.9 Å². The predicted molar refractivity (Wildman–Crippen MR) is 76.2 cm³/mol. The van der Waals surface area contributed by atoms with Crippen LogP contribution in [0.4, 0.5) is 5.82 Å². The molecule has 0 saturated heterocycles. The van der Waals surface area contributed by atoms with Crippen molar-refractivity contribution in [1.29, 1.82) is 0 Å².